The van der Waals surface area contributed by atoms with Crippen molar-refractivity contribution >= 4 is 29.1 Å². The summed E-state index contributed by atoms with van der Waals surface area (Å²) in [4.78, 5) is 17.1. The lowest BCUT2D eigenvalue weighted by Crippen LogP contribution is -2.44. The first kappa shape index (κ1) is 13.7. The summed E-state index contributed by atoms with van der Waals surface area (Å²) >= 11 is 11.7. The van der Waals surface area contributed by atoms with Crippen LogP contribution in [0.1, 0.15) is 36.2 Å². The van der Waals surface area contributed by atoms with Gasteiger partial charge in [0, 0.05) is 12.6 Å². The van der Waals surface area contributed by atoms with Gasteiger partial charge in [0.15, 0.2) is 0 Å². The lowest BCUT2D eigenvalue weighted by atomic mass is 9.99. The summed E-state index contributed by atoms with van der Waals surface area (Å²) in [6, 6.07) is 1.82. The van der Waals surface area contributed by atoms with E-state index in [0.717, 1.165) is 32.2 Å². The molecule has 1 aromatic rings. The van der Waals surface area contributed by atoms with Crippen LogP contribution in [-0.2, 0) is 0 Å². The third kappa shape index (κ3) is 2.82. The smallest absolute Gasteiger partial charge is 0.270 e. The number of rotatable bonds is 3. The number of H-pyrrole nitrogens is 1. The summed E-state index contributed by atoms with van der Waals surface area (Å²) in [5.41, 5.74) is 6.05. The summed E-state index contributed by atoms with van der Waals surface area (Å²) in [5, 5.41) is 0.694. The minimum Gasteiger partial charge on any atom is -0.340 e. The third-order valence-corrected chi connectivity index (χ3v) is 4.04. The zero-order valence-electron chi connectivity index (χ0n) is 10.1. The van der Waals surface area contributed by atoms with Gasteiger partial charge >= 0.3 is 0 Å². The van der Waals surface area contributed by atoms with Gasteiger partial charge in [-0.15, -0.1) is 0 Å². The number of hydrogen-bond donors (Lipinski definition) is 2. The van der Waals surface area contributed by atoms with Gasteiger partial charge in [-0.05, 0) is 38.3 Å². The Labute approximate surface area is 116 Å². The first-order chi connectivity index (χ1) is 8.63. The zero-order chi connectivity index (χ0) is 13.1. The number of carbonyl (C=O) groups is 1. The quantitative estimate of drug-likeness (QED) is 0.899. The number of halogens is 2. The predicted octanol–water partition coefficient (Wildman–Crippen LogP) is 2.67. The van der Waals surface area contributed by atoms with Gasteiger partial charge in [-0.1, -0.05) is 23.2 Å². The Bertz CT molecular complexity index is 411. The van der Waals surface area contributed by atoms with Crippen LogP contribution >= 0.6 is 23.2 Å². The van der Waals surface area contributed by atoms with E-state index in [0.29, 0.717) is 22.4 Å². The van der Waals surface area contributed by atoms with Crippen molar-refractivity contribution in [1.82, 2.24) is 9.88 Å². The van der Waals surface area contributed by atoms with E-state index in [-0.39, 0.29) is 11.9 Å². The number of hydrogen-bond acceptors (Lipinski definition) is 2. The van der Waals surface area contributed by atoms with Crippen molar-refractivity contribution in [2.75, 3.05) is 13.1 Å². The number of piperidine rings is 1. The molecule has 0 spiro atoms. The molecule has 3 N–H and O–H groups in total. The molecule has 1 amide bonds. The lowest BCUT2D eigenvalue weighted by Gasteiger charge is -2.35. The van der Waals surface area contributed by atoms with E-state index in [1.54, 1.807) is 6.07 Å². The Morgan fingerprint density at radius 3 is 2.89 bits per heavy atom. The van der Waals surface area contributed by atoms with E-state index in [1.165, 1.54) is 0 Å². The minimum atomic E-state index is -0.0399. The second-order valence-electron chi connectivity index (χ2n) is 4.57. The minimum absolute atomic E-state index is 0.0399. The van der Waals surface area contributed by atoms with Gasteiger partial charge in [-0.3, -0.25) is 4.79 Å². The molecule has 18 heavy (non-hydrogen) atoms. The van der Waals surface area contributed by atoms with Crippen molar-refractivity contribution in [3.05, 3.63) is 21.9 Å². The van der Waals surface area contributed by atoms with E-state index in [4.69, 9.17) is 28.9 Å². The normalized spacial score (nSPS) is 20.2. The van der Waals surface area contributed by atoms with Crippen LogP contribution in [0.3, 0.4) is 0 Å². The summed E-state index contributed by atoms with van der Waals surface area (Å²) < 4.78 is 0. The van der Waals surface area contributed by atoms with Crippen LogP contribution in [0.4, 0.5) is 0 Å². The third-order valence-electron chi connectivity index (χ3n) is 3.34. The van der Waals surface area contributed by atoms with E-state index in [2.05, 4.69) is 4.98 Å². The second-order valence-corrected chi connectivity index (χ2v) is 5.36. The molecule has 0 radical (unpaired) electrons. The lowest BCUT2D eigenvalue weighted by molar-refractivity contribution is 0.0599. The Morgan fingerprint density at radius 2 is 2.28 bits per heavy atom. The summed E-state index contributed by atoms with van der Waals surface area (Å²) in [6.07, 6.45) is 4.05. The first-order valence-electron chi connectivity index (χ1n) is 6.18. The Kier molecular flexibility index (Phi) is 4.54. The van der Waals surface area contributed by atoms with Gasteiger partial charge in [0.2, 0.25) is 0 Å². The van der Waals surface area contributed by atoms with E-state index in [1.807, 2.05) is 4.90 Å². The molecule has 1 aliphatic heterocycles. The fourth-order valence-electron chi connectivity index (χ4n) is 2.43. The average molecular weight is 290 g/mol. The molecular formula is C12H17Cl2N3O. The predicted molar refractivity (Wildman–Crippen MR) is 73.2 cm³/mol. The van der Waals surface area contributed by atoms with Crippen molar-refractivity contribution in [2.24, 2.45) is 5.73 Å². The highest BCUT2D eigenvalue weighted by molar-refractivity contribution is 6.41. The van der Waals surface area contributed by atoms with Crippen molar-refractivity contribution in [3.63, 3.8) is 0 Å². The van der Waals surface area contributed by atoms with Crippen LogP contribution < -0.4 is 5.73 Å². The highest BCUT2D eigenvalue weighted by Crippen LogP contribution is 2.25. The number of likely N-dealkylation sites (tertiary alicyclic amines) is 1. The van der Waals surface area contributed by atoms with Crippen LogP contribution in [-0.4, -0.2) is 34.9 Å². The number of nitrogens with zero attached hydrogens (tertiary/aromatic N) is 1. The molecule has 2 heterocycles. The van der Waals surface area contributed by atoms with Crippen molar-refractivity contribution < 1.29 is 4.79 Å². The SMILES string of the molecule is NCCC1CCCCN1C(=O)c1cc(Cl)c(Cl)[nH]1. The highest BCUT2D eigenvalue weighted by Gasteiger charge is 2.28. The average Bonchev–Trinajstić information content (AvgIpc) is 2.70. The van der Waals surface area contributed by atoms with Gasteiger partial charge in [-0.25, -0.2) is 0 Å². The molecule has 100 valence electrons. The number of amides is 1. The van der Waals surface area contributed by atoms with Gasteiger partial charge in [0.1, 0.15) is 10.8 Å². The Hall–Kier alpha value is -0.710. The van der Waals surface area contributed by atoms with Crippen LogP contribution in [0.5, 0.6) is 0 Å². The molecule has 6 heteroatoms. The second kappa shape index (κ2) is 5.95. The largest absolute Gasteiger partial charge is 0.340 e. The fourth-order valence-corrected chi connectivity index (χ4v) is 2.75. The number of nitrogens with two attached hydrogens (primary N) is 1. The van der Waals surface area contributed by atoms with E-state index in [9.17, 15) is 4.79 Å². The molecule has 1 unspecified atom stereocenters. The standard InChI is InChI=1S/C12H17Cl2N3O/c13-9-7-10(16-11(9)14)12(18)17-6-2-1-3-8(17)4-5-15/h7-8,16H,1-6,15H2. The molecule has 1 fully saturated rings. The van der Waals surface area contributed by atoms with Crippen LogP contribution in [0.2, 0.25) is 10.2 Å². The number of nitrogens with one attached hydrogen (secondary N) is 1. The maximum atomic E-state index is 12.4. The van der Waals surface area contributed by atoms with Crippen LogP contribution in [0.25, 0.3) is 0 Å². The summed E-state index contributed by atoms with van der Waals surface area (Å²) in [6.45, 7) is 1.37. The Morgan fingerprint density at radius 1 is 1.50 bits per heavy atom. The van der Waals surface area contributed by atoms with Gasteiger partial charge in [0.25, 0.3) is 5.91 Å². The molecule has 4 nitrogen and oxygen atoms in total. The van der Waals surface area contributed by atoms with Crippen LogP contribution in [0, 0.1) is 0 Å². The molecule has 2 rings (SSSR count). The Balaban J connectivity index is 2.15. The van der Waals surface area contributed by atoms with Crippen molar-refractivity contribution in [1.29, 1.82) is 0 Å². The van der Waals surface area contributed by atoms with Gasteiger partial charge in [-0.2, -0.15) is 0 Å². The maximum Gasteiger partial charge on any atom is 0.270 e. The number of aromatic nitrogens is 1. The van der Waals surface area contributed by atoms with Gasteiger partial charge in [0.05, 0.1) is 5.02 Å². The molecular weight excluding hydrogens is 273 g/mol. The molecule has 0 aliphatic carbocycles. The van der Waals surface area contributed by atoms with Crippen LogP contribution in [0.15, 0.2) is 6.07 Å². The molecule has 1 saturated heterocycles. The highest BCUT2D eigenvalue weighted by atomic mass is 35.5. The topological polar surface area (TPSA) is 62.1 Å². The van der Waals surface area contributed by atoms with Crippen molar-refractivity contribution in [3.8, 4) is 0 Å². The molecule has 0 aromatic carbocycles. The van der Waals surface area contributed by atoms with Crippen molar-refractivity contribution in [2.45, 2.75) is 31.7 Å². The summed E-state index contributed by atoms with van der Waals surface area (Å²) in [7, 11) is 0. The summed E-state index contributed by atoms with van der Waals surface area (Å²) in [5.74, 6) is -0.0399. The molecule has 1 atom stereocenters. The van der Waals surface area contributed by atoms with E-state index >= 15 is 0 Å². The monoisotopic (exact) mass is 289 g/mol. The number of aromatic amines is 1. The molecule has 1 aliphatic rings. The van der Waals surface area contributed by atoms with Gasteiger partial charge < -0.3 is 15.6 Å². The first-order valence-corrected chi connectivity index (χ1v) is 6.94. The maximum absolute atomic E-state index is 12.4. The molecule has 1 aromatic heterocycles. The number of carbonyl (C=O) groups excluding carboxylic acids is 1. The molecule has 0 saturated carbocycles. The fraction of sp³-hybridized carbons (Fsp3) is 0.583. The van der Waals surface area contributed by atoms with E-state index < -0.39 is 0 Å². The zero-order valence-corrected chi connectivity index (χ0v) is 11.6. The molecule has 0 bridgehead atoms.